The van der Waals surface area contributed by atoms with Crippen LogP contribution in [0.25, 0.3) is 0 Å². The first-order valence-corrected chi connectivity index (χ1v) is 7.61. The Labute approximate surface area is 132 Å². The van der Waals surface area contributed by atoms with Gasteiger partial charge in [0.15, 0.2) is 0 Å². The molecule has 3 nitrogen and oxygen atoms in total. The summed E-state index contributed by atoms with van der Waals surface area (Å²) >= 11 is 3.39. The third-order valence-corrected chi connectivity index (χ3v) is 3.95. The number of amides is 1. The molecule has 0 unspecified atom stereocenters. The fourth-order valence-electron chi connectivity index (χ4n) is 2.49. The van der Waals surface area contributed by atoms with E-state index in [1.54, 1.807) is 4.90 Å². The van der Waals surface area contributed by atoms with E-state index in [-0.39, 0.29) is 5.91 Å². The third-order valence-electron chi connectivity index (χ3n) is 3.42. The van der Waals surface area contributed by atoms with E-state index in [2.05, 4.69) is 15.9 Å². The smallest absolute Gasteiger partial charge is 0.258 e. The first kappa shape index (κ1) is 14.1. The number of para-hydroxylation sites is 2. The van der Waals surface area contributed by atoms with Crippen molar-refractivity contribution < 1.29 is 9.53 Å². The SMILES string of the molecule is CC1(C)CN(C(=O)c2ccc(Br)cc2)c2ccccc2O1. The monoisotopic (exact) mass is 345 g/mol. The van der Waals surface area contributed by atoms with Gasteiger partial charge in [-0.1, -0.05) is 28.1 Å². The van der Waals surface area contributed by atoms with Crippen LogP contribution in [0.4, 0.5) is 5.69 Å². The van der Waals surface area contributed by atoms with Crippen molar-refractivity contribution >= 4 is 27.5 Å². The van der Waals surface area contributed by atoms with Crippen LogP contribution < -0.4 is 9.64 Å². The van der Waals surface area contributed by atoms with Gasteiger partial charge in [0.2, 0.25) is 0 Å². The van der Waals surface area contributed by atoms with E-state index in [4.69, 9.17) is 4.74 Å². The minimum atomic E-state index is -0.403. The van der Waals surface area contributed by atoms with Gasteiger partial charge in [0.05, 0.1) is 12.2 Å². The number of carbonyl (C=O) groups is 1. The maximum atomic E-state index is 12.8. The topological polar surface area (TPSA) is 29.5 Å². The van der Waals surface area contributed by atoms with Crippen LogP contribution in [-0.4, -0.2) is 18.1 Å². The minimum Gasteiger partial charge on any atom is -0.484 e. The quantitative estimate of drug-likeness (QED) is 0.772. The van der Waals surface area contributed by atoms with Crippen molar-refractivity contribution in [3.63, 3.8) is 0 Å². The maximum Gasteiger partial charge on any atom is 0.258 e. The van der Waals surface area contributed by atoms with Crippen LogP contribution in [0.1, 0.15) is 24.2 Å². The summed E-state index contributed by atoms with van der Waals surface area (Å²) in [6, 6.07) is 15.1. The van der Waals surface area contributed by atoms with E-state index in [0.717, 1.165) is 15.9 Å². The largest absolute Gasteiger partial charge is 0.484 e. The van der Waals surface area contributed by atoms with Gasteiger partial charge in [0, 0.05) is 10.0 Å². The van der Waals surface area contributed by atoms with Crippen LogP contribution >= 0.6 is 15.9 Å². The highest BCUT2D eigenvalue weighted by Gasteiger charge is 2.34. The zero-order chi connectivity index (χ0) is 15.0. The Kier molecular flexibility index (Phi) is 3.49. The highest BCUT2D eigenvalue weighted by Crippen LogP contribution is 2.37. The lowest BCUT2D eigenvalue weighted by molar-refractivity contribution is 0.0837. The summed E-state index contributed by atoms with van der Waals surface area (Å²) in [6.07, 6.45) is 0. The number of carbonyl (C=O) groups excluding carboxylic acids is 1. The summed E-state index contributed by atoms with van der Waals surface area (Å²) in [5.74, 6) is 0.741. The van der Waals surface area contributed by atoms with Crippen LogP contribution in [0.5, 0.6) is 5.75 Å². The van der Waals surface area contributed by atoms with Crippen LogP contribution in [0.2, 0.25) is 0 Å². The summed E-state index contributed by atoms with van der Waals surface area (Å²) in [6.45, 7) is 4.51. The molecule has 3 rings (SSSR count). The first-order valence-electron chi connectivity index (χ1n) is 6.82. The molecule has 0 aliphatic carbocycles. The zero-order valence-electron chi connectivity index (χ0n) is 12.0. The molecule has 0 N–H and O–H groups in total. The lowest BCUT2D eigenvalue weighted by atomic mass is 10.0. The normalized spacial score (nSPS) is 16.0. The van der Waals surface area contributed by atoms with Gasteiger partial charge >= 0.3 is 0 Å². The molecule has 1 aliphatic rings. The molecule has 0 saturated heterocycles. The number of benzene rings is 2. The third kappa shape index (κ3) is 2.81. The Morgan fingerprint density at radius 2 is 1.81 bits per heavy atom. The fraction of sp³-hybridized carbons (Fsp3) is 0.235. The average Bonchev–Trinajstić information content (AvgIpc) is 2.45. The summed E-state index contributed by atoms with van der Waals surface area (Å²) in [4.78, 5) is 14.6. The predicted octanol–water partition coefficient (Wildman–Crippen LogP) is 4.27. The molecule has 108 valence electrons. The van der Waals surface area contributed by atoms with Gasteiger partial charge in [0.1, 0.15) is 11.4 Å². The second-order valence-electron chi connectivity index (χ2n) is 5.73. The second kappa shape index (κ2) is 5.19. The Hall–Kier alpha value is -1.81. The summed E-state index contributed by atoms with van der Waals surface area (Å²) < 4.78 is 6.91. The van der Waals surface area contributed by atoms with Crippen LogP contribution in [0.15, 0.2) is 53.0 Å². The highest BCUT2D eigenvalue weighted by atomic mass is 79.9. The predicted molar refractivity (Wildman–Crippen MR) is 87.0 cm³/mol. The lowest BCUT2D eigenvalue weighted by Crippen LogP contribution is -2.49. The molecule has 0 aromatic heterocycles. The molecular weight excluding hydrogens is 330 g/mol. The first-order chi connectivity index (χ1) is 9.96. The van der Waals surface area contributed by atoms with Gasteiger partial charge in [-0.2, -0.15) is 0 Å². The standard InChI is InChI=1S/C17H16BrNO2/c1-17(2)11-19(14-5-3-4-6-15(14)21-17)16(20)12-7-9-13(18)10-8-12/h3-10H,11H2,1-2H3. The number of hydrogen-bond donors (Lipinski definition) is 0. The number of halogens is 1. The Balaban J connectivity index is 2.01. The molecule has 21 heavy (non-hydrogen) atoms. The molecule has 0 spiro atoms. The number of hydrogen-bond acceptors (Lipinski definition) is 2. The maximum absolute atomic E-state index is 12.8. The number of anilines is 1. The molecule has 0 bridgehead atoms. The second-order valence-corrected chi connectivity index (χ2v) is 6.64. The van der Waals surface area contributed by atoms with Gasteiger partial charge in [-0.15, -0.1) is 0 Å². The van der Waals surface area contributed by atoms with Crippen molar-refractivity contribution in [2.24, 2.45) is 0 Å². The highest BCUT2D eigenvalue weighted by molar-refractivity contribution is 9.10. The van der Waals surface area contributed by atoms with Crippen LogP contribution in [0, 0.1) is 0 Å². The molecule has 2 aromatic rings. The Morgan fingerprint density at radius 1 is 1.14 bits per heavy atom. The van der Waals surface area contributed by atoms with E-state index >= 15 is 0 Å². The van der Waals surface area contributed by atoms with Gasteiger partial charge in [-0.25, -0.2) is 0 Å². The van der Waals surface area contributed by atoms with E-state index < -0.39 is 5.60 Å². The number of rotatable bonds is 1. The van der Waals surface area contributed by atoms with Crippen molar-refractivity contribution in [1.82, 2.24) is 0 Å². The fourth-order valence-corrected chi connectivity index (χ4v) is 2.76. The molecule has 4 heteroatoms. The van der Waals surface area contributed by atoms with E-state index in [1.807, 2.05) is 62.4 Å². The molecule has 0 fully saturated rings. The van der Waals surface area contributed by atoms with Crippen molar-refractivity contribution in [2.75, 3.05) is 11.4 Å². The van der Waals surface area contributed by atoms with Crippen LogP contribution in [-0.2, 0) is 0 Å². The molecule has 0 atom stereocenters. The Bertz CT molecular complexity index is 679. The lowest BCUT2D eigenvalue weighted by Gasteiger charge is -2.39. The van der Waals surface area contributed by atoms with Gasteiger partial charge < -0.3 is 9.64 Å². The van der Waals surface area contributed by atoms with Crippen molar-refractivity contribution in [3.05, 3.63) is 58.6 Å². The number of ether oxygens (including phenoxy) is 1. The summed E-state index contributed by atoms with van der Waals surface area (Å²) in [5.41, 5.74) is 1.09. The van der Waals surface area contributed by atoms with E-state index in [9.17, 15) is 4.79 Å². The molecule has 1 aliphatic heterocycles. The van der Waals surface area contributed by atoms with Gasteiger partial charge in [0.25, 0.3) is 5.91 Å². The van der Waals surface area contributed by atoms with Crippen LogP contribution in [0.3, 0.4) is 0 Å². The average molecular weight is 346 g/mol. The molecule has 2 aromatic carbocycles. The zero-order valence-corrected chi connectivity index (χ0v) is 13.6. The van der Waals surface area contributed by atoms with Gasteiger partial charge in [-0.3, -0.25) is 4.79 Å². The number of nitrogens with zero attached hydrogens (tertiary/aromatic N) is 1. The molecule has 0 radical (unpaired) electrons. The molecule has 0 saturated carbocycles. The summed E-state index contributed by atoms with van der Waals surface area (Å²) in [5, 5.41) is 0. The molecule has 1 heterocycles. The molecular formula is C17H16BrNO2. The molecule has 1 amide bonds. The summed E-state index contributed by atoms with van der Waals surface area (Å²) in [7, 11) is 0. The van der Waals surface area contributed by atoms with Crippen molar-refractivity contribution in [1.29, 1.82) is 0 Å². The number of fused-ring (bicyclic) bond motifs is 1. The van der Waals surface area contributed by atoms with Crippen molar-refractivity contribution in [2.45, 2.75) is 19.4 Å². The van der Waals surface area contributed by atoms with Gasteiger partial charge in [-0.05, 0) is 50.2 Å². The van der Waals surface area contributed by atoms with Crippen molar-refractivity contribution in [3.8, 4) is 5.75 Å². The van der Waals surface area contributed by atoms with E-state index in [1.165, 1.54) is 0 Å². The Morgan fingerprint density at radius 3 is 2.52 bits per heavy atom. The van der Waals surface area contributed by atoms with E-state index in [0.29, 0.717) is 12.1 Å². The minimum absolute atomic E-state index is 0.00803.